The van der Waals surface area contributed by atoms with Gasteiger partial charge >= 0.3 is 0 Å². The first kappa shape index (κ1) is 10.9. The lowest BCUT2D eigenvalue weighted by molar-refractivity contribution is 0.618. The van der Waals surface area contributed by atoms with Gasteiger partial charge in [0.1, 0.15) is 5.82 Å². The van der Waals surface area contributed by atoms with Crippen LogP contribution in [-0.2, 0) is 0 Å². The van der Waals surface area contributed by atoms with Crippen molar-refractivity contribution in [2.75, 3.05) is 31.1 Å². The van der Waals surface area contributed by atoms with E-state index in [0.29, 0.717) is 5.69 Å². The van der Waals surface area contributed by atoms with Crippen molar-refractivity contribution in [1.29, 1.82) is 0 Å². The van der Waals surface area contributed by atoms with E-state index < -0.39 is 0 Å². The highest BCUT2D eigenvalue weighted by molar-refractivity contribution is 9.10. The minimum atomic E-state index is -0.139. The topological polar surface area (TPSA) is 15.3 Å². The van der Waals surface area contributed by atoms with Crippen LogP contribution in [-0.4, -0.2) is 26.2 Å². The smallest absolute Gasteiger partial charge is 0.146 e. The van der Waals surface area contributed by atoms with E-state index in [9.17, 15) is 4.39 Å². The van der Waals surface area contributed by atoms with Crippen LogP contribution in [0.1, 0.15) is 6.42 Å². The van der Waals surface area contributed by atoms with E-state index in [1.165, 1.54) is 6.07 Å². The lowest BCUT2D eigenvalue weighted by Crippen LogP contribution is -2.28. The van der Waals surface area contributed by atoms with Crippen molar-refractivity contribution < 1.29 is 4.39 Å². The second-order valence-electron chi connectivity index (χ2n) is 3.69. The van der Waals surface area contributed by atoms with E-state index >= 15 is 0 Å². The molecule has 15 heavy (non-hydrogen) atoms. The highest BCUT2D eigenvalue weighted by Crippen LogP contribution is 2.24. The molecule has 0 unspecified atom stereocenters. The van der Waals surface area contributed by atoms with Crippen LogP contribution in [0.2, 0.25) is 0 Å². The van der Waals surface area contributed by atoms with Crippen LogP contribution in [0, 0.1) is 5.82 Å². The molecule has 1 N–H and O–H groups in total. The summed E-state index contributed by atoms with van der Waals surface area (Å²) in [6.45, 7) is 3.73. The second-order valence-corrected chi connectivity index (χ2v) is 4.60. The number of halogens is 2. The average molecular weight is 273 g/mol. The Morgan fingerprint density at radius 1 is 1.27 bits per heavy atom. The van der Waals surface area contributed by atoms with Crippen molar-refractivity contribution in [3.63, 3.8) is 0 Å². The fourth-order valence-corrected chi connectivity index (χ4v) is 2.16. The van der Waals surface area contributed by atoms with Gasteiger partial charge < -0.3 is 10.2 Å². The highest BCUT2D eigenvalue weighted by atomic mass is 79.9. The van der Waals surface area contributed by atoms with Crippen LogP contribution in [0.4, 0.5) is 10.1 Å². The van der Waals surface area contributed by atoms with Crippen molar-refractivity contribution >= 4 is 21.6 Å². The largest absolute Gasteiger partial charge is 0.368 e. The molecule has 2 rings (SSSR count). The van der Waals surface area contributed by atoms with E-state index in [4.69, 9.17) is 0 Å². The Bertz CT molecular complexity index is 335. The molecular formula is C11H14BrFN2. The third-order valence-electron chi connectivity index (χ3n) is 2.59. The maximum absolute atomic E-state index is 13.6. The molecule has 0 aromatic heterocycles. The van der Waals surface area contributed by atoms with E-state index in [0.717, 1.165) is 37.1 Å². The number of rotatable bonds is 1. The molecule has 0 bridgehead atoms. The van der Waals surface area contributed by atoms with E-state index in [-0.39, 0.29) is 5.82 Å². The highest BCUT2D eigenvalue weighted by Gasteiger charge is 2.13. The summed E-state index contributed by atoms with van der Waals surface area (Å²) in [4.78, 5) is 2.10. The van der Waals surface area contributed by atoms with Gasteiger partial charge in [-0.05, 0) is 31.2 Å². The van der Waals surface area contributed by atoms with Gasteiger partial charge in [-0.2, -0.15) is 0 Å². The normalized spacial score (nSPS) is 17.6. The molecule has 1 heterocycles. The molecule has 1 aliphatic heterocycles. The zero-order valence-electron chi connectivity index (χ0n) is 8.47. The number of hydrogen-bond donors (Lipinski definition) is 1. The van der Waals surface area contributed by atoms with Crippen LogP contribution in [0.25, 0.3) is 0 Å². The quantitative estimate of drug-likeness (QED) is 0.845. The number of benzene rings is 1. The molecule has 82 valence electrons. The first-order chi connectivity index (χ1) is 7.27. The monoisotopic (exact) mass is 272 g/mol. The number of anilines is 1. The first-order valence-corrected chi connectivity index (χ1v) is 5.97. The molecule has 1 aromatic carbocycles. The van der Waals surface area contributed by atoms with Gasteiger partial charge in [-0.25, -0.2) is 4.39 Å². The summed E-state index contributed by atoms with van der Waals surface area (Å²) in [5.74, 6) is -0.139. The zero-order valence-corrected chi connectivity index (χ0v) is 10.1. The molecular weight excluding hydrogens is 259 g/mol. The molecule has 0 amide bonds. The van der Waals surface area contributed by atoms with Crippen molar-refractivity contribution in [2.45, 2.75) is 6.42 Å². The third kappa shape index (κ3) is 2.69. The van der Waals surface area contributed by atoms with E-state index in [1.807, 2.05) is 6.07 Å². The summed E-state index contributed by atoms with van der Waals surface area (Å²) < 4.78 is 14.5. The molecule has 0 saturated carbocycles. The van der Waals surface area contributed by atoms with Gasteiger partial charge in [-0.15, -0.1) is 0 Å². The van der Waals surface area contributed by atoms with Crippen LogP contribution in [0.3, 0.4) is 0 Å². The van der Waals surface area contributed by atoms with Gasteiger partial charge in [0, 0.05) is 24.1 Å². The van der Waals surface area contributed by atoms with Crippen LogP contribution in [0.15, 0.2) is 22.7 Å². The molecule has 1 aromatic rings. The Morgan fingerprint density at radius 3 is 3.00 bits per heavy atom. The van der Waals surface area contributed by atoms with Gasteiger partial charge in [0.15, 0.2) is 0 Å². The minimum absolute atomic E-state index is 0.139. The van der Waals surface area contributed by atoms with Crippen molar-refractivity contribution in [2.24, 2.45) is 0 Å². The SMILES string of the molecule is Fc1ccc(Br)cc1N1CCCNCC1. The van der Waals surface area contributed by atoms with E-state index in [1.54, 1.807) is 6.07 Å². The fraction of sp³-hybridized carbons (Fsp3) is 0.455. The van der Waals surface area contributed by atoms with Crippen molar-refractivity contribution in [1.82, 2.24) is 5.32 Å². The molecule has 2 nitrogen and oxygen atoms in total. The molecule has 1 fully saturated rings. The molecule has 0 atom stereocenters. The van der Waals surface area contributed by atoms with Crippen LogP contribution in [0.5, 0.6) is 0 Å². The Labute approximate surface area is 97.6 Å². The Balaban J connectivity index is 2.22. The van der Waals surface area contributed by atoms with Crippen molar-refractivity contribution in [3.05, 3.63) is 28.5 Å². The predicted octanol–water partition coefficient (Wildman–Crippen LogP) is 2.39. The predicted molar refractivity (Wildman–Crippen MR) is 63.8 cm³/mol. The Kier molecular flexibility index (Phi) is 3.59. The Morgan fingerprint density at radius 2 is 2.13 bits per heavy atom. The summed E-state index contributed by atoms with van der Waals surface area (Å²) in [5.41, 5.74) is 0.702. The minimum Gasteiger partial charge on any atom is -0.368 e. The molecule has 1 aliphatic rings. The summed E-state index contributed by atoms with van der Waals surface area (Å²) >= 11 is 3.37. The van der Waals surface area contributed by atoms with Gasteiger partial charge in [0.25, 0.3) is 0 Å². The third-order valence-corrected chi connectivity index (χ3v) is 3.08. The maximum Gasteiger partial charge on any atom is 0.146 e. The molecule has 4 heteroatoms. The van der Waals surface area contributed by atoms with Crippen LogP contribution >= 0.6 is 15.9 Å². The van der Waals surface area contributed by atoms with Gasteiger partial charge in [-0.1, -0.05) is 15.9 Å². The fourth-order valence-electron chi connectivity index (χ4n) is 1.81. The summed E-state index contributed by atoms with van der Waals surface area (Å²) in [5, 5.41) is 3.31. The van der Waals surface area contributed by atoms with Gasteiger partial charge in [0.05, 0.1) is 5.69 Å². The second kappa shape index (κ2) is 4.94. The zero-order chi connectivity index (χ0) is 10.7. The maximum atomic E-state index is 13.6. The first-order valence-electron chi connectivity index (χ1n) is 5.18. The number of nitrogens with one attached hydrogen (secondary N) is 1. The summed E-state index contributed by atoms with van der Waals surface area (Å²) in [6.07, 6.45) is 1.06. The molecule has 0 aliphatic carbocycles. The van der Waals surface area contributed by atoms with E-state index in [2.05, 4.69) is 26.1 Å². The van der Waals surface area contributed by atoms with Gasteiger partial charge in [0.2, 0.25) is 0 Å². The molecule has 1 saturated heterocycles. The molecule has 0 spiro atoms. The van der Waals surface area contributed by atoms with Crippen molar-refractivity contribution in [3.8, 4) is 0 Å². The van der Waals surface area contributed by atoms with Gasteiger partial charge in [-0.3, -0.25) is 0 Å². The lowest BCUT2D eigenvalue weighted by atomic mass is 10.2. The molecule has 0 radical (unpaired) electrons. The number of nitrogens with zero attached hydrogens (tertiary/aromatic N) is 1. The Hall–Kier alpha value is -0.610. The summed E-state index contributed by atoms with van der Waals surface area (Å²) in [6, 6.07) is 5.09. The standard InChI is InChI=1S/C11H14BrFN2/c12-9-2-3-10(13)11(8-9)15-6-1-4-14-5-7-15/h2-3,8,14H,1,4-7H2. The van der Waals surface area contributed by atoms with Crippen LogP contribution < -0.4 is 10.2 Å². The lowest BCUT2D eigenvalue weighted by Gasteiger charge is -2.22. The number of hydrogen-bond acceptors (Lipinski definition) is 2. The average Bonchev–Trinajstić information content (AvgIpc) is 2.50. The summed E-state index contributed by atoms with van der Waals surface area (Å²) in [7, 11) is 0.